The molecule has 0 spiro atoms. The number of carbonyl (C=O) groups excluding carboxylic acids is 1. The Kier molecular flexibility index (Phi) is 7.24. The molecule has 1 fully saturated rings. The monoisotopic (exact) mass is 417 g/mol. The maximum Gasteiger partial charge on any atom is 0.234 e. The molecule has 1 heterocycles. The molecular formula is C21H27N3O4S. The summed E-state index contributed by atoms with van der Waals surface area (Å²) < 4.78 is 32.0. The summed E-state index contributed by atoms with van der Waals surface area (Å²) >= 11 is 0. The van der Waals surface area contributed by atoms with Crippen LogP contribution < -0.4 is 10.1 Å². The molecule has 0 saturated carbocycles. The van der Waals surface area contributed by atoms with Gasteiger partial charge < -0.3 is 10.1 Å². The maximum absolute atomic E-state index is 12.6. The van der Waals surface area contributed by atoms with E-state index >= 15 is 0 Å². The number of para-hydroxylation sites is 1. The first kappa shape index (κ1) is 21.3. The number of hydrogen-bond acceptors (Lipinski definition) is 5. The molecule has 1 amide bonds. The summed E-state index contributed by atoms with van der Waals surface area (Å²) in [5.41, 5.74) is 1.70. The standard InChI is InChI=1S/C21H27N3O4S/c1-28-20-10-6-5-9-19(20)15-22-21(25)16-23-11-13-24(14-12-23)29(26,27)17-18-7-3-2-4-8-18/h2-10H,11-17H2,1H3,(H,22,25). The number of sulfonamides is 1. The van der Waals surface area contributed by atoms with Gasteiger partial charge in [-0.2, -0.15) is 4.31 Å². The highest BCUT2D eigenvalue weighted by atomic mass is 32.2. The number of nitrogens with zero attached hydrogens (tertiary/aromatic N) is 2. The Bertz CT molecular complexity index is 911. The summed E-state index contributed by atoms with van der Waals surface area (Å²) in [6.45, 7) is 2.52. The molecule has 1 aliphatic rings. The van der Waals surface area contributed by atoms with Crippen molar-refractivity contribution in [2.24, 2.45) is 0 Å². The van der Waals surface area contributed by atoms with Crippen molar-refractivity contribution in [3.05, 3.63) is 65.7 Å². The number of amides is 1. The number of carbonyl (C=O) groups is 1. The van der Waals surface area contributed by atoms with Crippen LogP contribution in [0.5, 0.6) is 5.75 Å². The van der Waals surface area contributed by atoms with Gasteiger partial charge in [0.1, 0.15) is 5.75 Å². The van der Waals surface area contributed by atoms with Crippen LogP contribution in [0.2, 0.25) is 0 Å². The summed E-state index contributed by atoms with van der Waals surface area (Å²) in [4.78, 5) is 14.3. The van der Waals surface area contributed by atoms with Crippen molar-refractivity contribution in [1.29, 1.82) is 0 Å². The molecule has 8 heteroatoms. The molecule has 2 aromatic carbocycles. The summed E-state index contributed by atoms with van der Waals surface area (Å²) in [7, 11) is -1.75. The second-order valence-electron chi connectivity index (χ2n) is 7.01. The second-order valence-corrected chi connectivity index (χ2v) is 8.97. The van der Waals surface area contributed by atoms with Gasteiger partial charge in [0.05, 0.1) is 19.4 Å². The number of piperazine rings is 1. The first-order chi connectivity index (χ1) is 14.0. The van der Waals surface area contributed by atoms with E-state index in [1.54, 1.807) is 7.11 Å². The van der Waals surface area contributed by atoms with Crippen molar-refractivity contribution >= 4 is 15.9 Å². The number of rotatable bonds is 8. The lowest BCUT2D eigenvalue weighted by molar-refractivity contribution is -0.122. The van der Waals surface area contributed by atoms with Crippen LogP contribution in [0.15, 0.2) is 54.6 Å². The molecule has 7 nitrogen and oxygen atoms in total. The predicted molar refractivity (Wildman–Crippen MR) is 112 cm³/mol. The van der Waals surface area contributed by atoms with Crippen LogP contribution in [0.3, 0.4) is 0 Å². The minimum Gasteiger partial charge on any atom is -0.496 e. The third-order valence-corrected chi connectivity index (χ3v) is 6.80. The average Bonchev–Trinajstić information content (AvgIpc) is 2.73. The second kappa shape index (κ2) is 9.87. The zero-order valence-electron chi connectivity index (χ0n) is 16.6. The van der Waals surface area contributed by atoms with Crippen LogP contribution in [0.25, 0.3) is 0 Å². The van der Waals surface area contributed by atoms with Crippen LogP contribution >= 0.6 is 0 Å². The molecule has 29 heavy (non-hydrogen) atoms. The first-order valence-electron chi connectivity index (χ1n) is 9.60. The number of ether oxygens (including phenoxy) is 1. The molecular weight excluding hydrogens is 390 g/mol. The smallest absolute Gasteiger partial charge is 0.234 e. The van der Waals surface area contributed by atoms with Gasteiger partial charge in [-0.15, -0.1) is 0 Å². The van der Waals surface area contributed by atoms with Crippen molar-refractivity contribution in [1.82, 2.24) is 14.5 Å². The van der Waals surface area contributed by atoms with Gasteiger partial charge in [-0.3, -0.25) is 9.69 Å². The van der Waals surface area contributed by atoms with E-state index in [9.17, 15) is 13.2 Å². The van der Waals surface area contributed by atoms with Crippen molar-refractivity contribution < 1.29 is 17.9 Å². The van der Waals surface area contributed by atoms with Gasteiger partial charge in [0.2, 0.25) is 15.9 Å². The fraction of sp³-hybridized carbons (Fsp3) is 0.381. The van der Waals surface area contributed by atoms with E-state index in [2.05, 4.69) is 5.32 Å². The van der Waals surface area contributed by atoms with Crippen LogP contribution in [-0.2, 0) is 27.1 Å². The van der Waals surface area contributed by atoms with Gasteiger partial charge in [0.25, 0.3) is 0 Å². The normalized spacial score (nSPS) is 15.8. The van der Waals surface area contributed by atoms with Crippen molar-refractivity contribution in [3.63, 3.8) is 0 Å². The molecule has 1 saturated heterocycles. The van der Waals surface area contributed by atoms with Crippen molar-refractivity contribution in [3.8, 4) is 5.75 Å². The summed E-state index contributed by atoms with van der Waals surface area (Å²) in [5, 5.41) is 2.90. The molecule has 2 aromatic rings. The van der Waals surface area contributed by atoms with Crippen molar-refractivity contribution in [2.75, 3.05) is 39.8 Å². The predicted octanol–water partition coefficient (Wildman–Crippen LogP) is 1.46. The first-order valence-corrected chi connectivity index (χ1v) is 11.2. The van der Waals surface area contributed by atoms with Gasteiger partial charge >= 0.3 is 0 Å². The van der Waals surface area contributed by atoms with E-state index in [4.69, 9.17) is 4.74 Å². The van der Waals surface area contributed by atoms with Crippen LogP contribution in [0.1, 0.15) is 11.1 Å². The zero-order valence-corrected chi connectivity index (χ0v) is 17.4. The quantitative estimate of drug-likeness (QED) is 0.704. The highest BCUT2D eigenvalue weighted by Gasteiger charge is 2.27. The molecule has 0 bridgehead atoms. The molecule has 1 N–H and O–H groups in total. The van der Waals surface area contributed by atoms with E-state index in [1.165, 1.54) is 4.31 Å². The van der Waals surface area contributed by atoms with Gasteiger partial charge in [-0.1, -0.05) is 48.5 Å². The lowest BCUT2D eigenvalue weighted by Gasteiger charge is -2.33. The highest BCUT2D eigenvalue weighted by molar-refractivity contribution is 7.88. The van der Waals surface area contributed by atoms with E-state index in [1.807, 2.05) is 59.5 Å². The Balaban J connectivity index is 1.45. The van der Waals surface area contributed by atoms with E-state index in [0.29, 0.717) is 32.7 Å². The molecule has 0 atom stereocenters. The fourth-order valence-electron chi connectivity index (χ4n) is 3.34. The average molecular weight is 418 g/mol. The SMILES string of the molecule is COc1ccccc1CNC(=O)CN1CCN(S(=O)(=O)Cc2ccccc2)CC1. The molecule has 156 valence electrons. The van der Waals surface area contributed by atoms with Crippen molar-refractivity contribution in [2.45, 2.75) is 12.3 Å². The Hall–Kier alpha value is -2.42. The van der Waals surface area contributed by atoms with Crippen LogP contribution in [-0.4, -0.2) is 63.4 Å². The Morgan fingerprint density at radius 2 is 1.66 bits per heavy atom. The molecule has 0 unspecified atom stereocenters. The third-order valence-electron chi connectivity index (χ3n) is 4.95. The lowest BCUT2D eigenvalue weighted by Crippen LogP contribution is -2.51. The summed E-state index contributed by atoms with van der Waals surface area (Å²) in [6.07, 6.45) is 0. The van der Waals surface area contributed by atoms with Crippen LogP contribution in [0.4, 0.5) is 0 Å². The Labute approximate surface area is 172 Å². The number of benzene rings is 2. The van der Waals surface area contributed by atoms with Gasteiger partial charge in [-0.25, -0.2) is 8.42 Å². The van der Waals surface area contributed by atoms with Crippen LogP contribution in [0, 0.1) is 0 Å². The van der Waals surface area contributed by atoms with E-state index in [-0.39, 0.29) is 18.2 Å². The summed E-state index contributed by atoms with van der Waals surface area (Å²) in [6, 6.07) is 16.7. The van der Waals surface area contributed by atoms with Gasteiger partial charge in [0, 0.05) is 38.3 Å². The number of methoxy groups -OCH3 is 1. The van der Waals surface area contributed by atoms with Gasteiger partial charge in [-0.05, 0) is 11.6 Å². The maximum atomic E-state index is 12.6. The highest BCUT2D eigenvalue weighted by Crippen LogP contribution is 2.17. The molecule has 3 rings (SSSR count). The van der Waals surface area contributed by atoms with Gasteiger partial charge in [0.15, 0.2) is 0 Å². The third kappa shape index (κ3) is 6.03. The largest absolute Gasteiger partial charge is 0.496 e. The summed E-state index contributed by atoms with van der Waals surface area (Å²) in [5.74, 6) is 0.661. The lowest BCUT2D eigenvalue weighted by atomic mass is 10.2. The molecule has 0 aliphatic carbocycles. The Morgan fingerprint density at radius 1 is 1.00 bits per heavy atom. The molecule has 1 aliphatic heterocycles. The fourth-order valence-corrected chi connectivity index (χ4v) is 4.86. The minimum absolute atomic E-state index is 0.00718. The van der Waals surface area contributed by atoms with E-state index in [0.717, 1.165) is 16.9 Å². The molecule has 0 aromatic heterocycles. The molecule has 0 radical (unpaired) electrons. The number of hydrogen-bond donors (Lipinski definition) is 1. The van der Waals surface area contributed by atoms with E-state index < -0.39 is 10.0 Å². The minimum atomic E-state index is -3.35. The number of nitrogens with one attached hydrogen (secondary N) is 1. The Morgan fingerprint density at radius 3 is 2.34 bits per heavy atom. The zero-order chi connectivity index (χ0) is 20.7. The topological polar surface area (TPSA) is 79.0 Å².